The molecular formula is C11H10BrF3O. The summed E-state index contributed by atoms with van der Waals surface area (Å²) in [6.07, 6.45) is -5.68. The van der Waals surface area contributed by atoms with Gasteiger partial charge in [0.25, 0.3) is 0 Å². The third kappa shape index (κ3) is 5.30. The van der Waals surface area contributed by atoms with Gasteiger partial charge in [-0.05, 0) is 17.7 Å². The van der Waals surface area contributed by atoms with E-state index in [1.807, 2.05) is 0 Å². The average molecular weight is 295 g/mol. The summed E-state index contributed by atoms with van der Waals surface area (Å²) in [6.45, 7) is 0. The molecule has 88 valence electrons. The lowest BCUT2D eigenvalue weighted by Crippen LogP contribution is -2.12. The van der Waals surface area contributed by atoms with E-state index in [2.05, 4.69) is 15.9 Å². The van der Waals surface area contributed by atoms with Crippen LogP contribution in [0.2, 0.25) is 0 Å². The average Bonchev–Trinajstić information content (AvgIpc) is 2.18. The molecule has 1 aromatic rings. The summed E-state index contributed by atoms with van der Waals surface area (Å²) in [5.41, 5.74) is 0.732. The van der Waals surface area contributed by atoms with Crippen LogP contribution in [0.15, 0.2) is 28.7 Å². The van der Waals surface area contributed by atoms with Crippen LogP contribution in [-0.4, -0.2) is 12.0 Å². The SMILES string of the molecule is O=C(CCC(F)(F)F)Cc1ccc(Br)cc1. The van der Waals surface area contributed by atoms with Crippen LogP contribution in [0.3, 0.4) is 0 Å². The predicted molar refractivity (Wildman–Crippen MR) is 58.1 cm³/mol. The summed E-state index contributed by atoms with van der Waals surface area (Å²) in [6, 6.07) is 6.95. The van der Waals surface area contributed by atoms with E-state index in [9.17, 15) is 18.0 Å². The summed E-state index contributed by atoms with van der Waals surface area (Å²) in [7, 11) is 0. The second-order valence-corrected chi connectivity index (χ2v) is 4.37. The summed E-state index contributed by atoms with van der Waals surface area (Å²) >= 11 is 3.23. The molecule has 0 spiro atoms. The zero-order valence-corrected chi connectivity index (χ0v) is 9.94. The van der Waals surface area contributed by atoms with Crippen molar-refractivity contribution >= 4 is 21.7 Å². The standard InChI is InChI=1S/C11H10BrF3O/c12-9-3-1-8(2-4-9)7-10(16)5-6-11(13,14)15/h1-4H,5-7H2. The van der Waals surface area contributed by atoms with Crippen molar-refractivity contribution in [2.75, 3.05) is 0 Å². The minimum atomic E-state index is -4.25. The Kier molecular flexibility index (Phi) is 4.53. The number of Topliss-reactive ketones (excluding diaryl/α,β-unsaturated/α-hetero) is 1. The van der Waals surface area contributed by atoms with E-state index in [-0.39, 0.29) is 12.2 Å². The fraction of sp³-hybridized carbons (Fsp3) is 0.364. The highest BCUT2D eigenvalue weighted by Gasteiger charge is 2.27. The first-order valence-electron chi connectivity index (χ1n) is 4.70. The van der Waals surface area contributed by atoms with E-state index >= 15 is 0 Å². The van der Waals surface area contributed by atoms with E-state index in [1.54, 1.807) is 24.3 Å². The second kappa shape index (κ2) is 5.48. The van der Waals surface area contributed by atoms with Gasteiger partial charge >= 0.3 is 6.18 Å². The number of benzene rings is 1. The Bertz CT molecular complexity index is 356. The third-order valence-electron chi connectivity index (χ3n) is 2.00. The molecule has 5 heteroatoms. The number of carbonyl (C=O) groups is 1. The summed E-state index contributed by atoms with van der Waals surface area (Å²) in [4.78, 5) is 11.2. The lowest BCUT2D eigenvalue weighted by Gasteiger charge is -2.05. The minimum Gasteiger partial charge on any atom is -0.299 e. The molecule has 0 aliphatic carbocycles. The lowest BCUT2D eigenvalue weighted by molar-refractivity contribution is -0.143. The predicted octanol–water partition coefficient (Wildman–Crippen LogP) is 3.90. The maximum Gasteiger partial charge on any atom is 0.389 e. The van der Waals surface area contributed by atoms with Crippen LogP contribution in [0.5, 0.6) is 0 Å². The Morgan fingerprint density at radius 2 is 1.75 bits per heavy atom. The smallest absolute Gasteiger partial charge is 0.299 e. The zero-order valence-electron chi connectivity index (χ0n) is 8.35. The molecule has 0 aliphatic heterocycles. The van der Waals surface area contributed by atoms with Crippen LogP contribution in [0.1, 0.15) is 18.4 Å². The number of rotatable bonds is 4. The first-order chi connectivity index (χ1) is 7.37. The van der Waals surface area contributed by atoms with Crippen LogP contribution in [0.4, 0.5) is 13.2 Å². The highest BCUT2D eigenvalue weighted by molar-refractivity contribution is 9.10. The van der Waals surface area contributed by atoms with Gasteiger partial charge in [-0.1, -0.05) is 28.1 Å². The Hall–Kier alpha value is -0.840. The maximum absolute atomic E-state index is 11.8. The van der Waals surface area contributed by atoms with Crippen molar-refractivity contribution < 1.29 is 18.0 Å². The Balaban J connectivity index is 2.43. The molecule has 0 saturated carbocycles. The number of hydrogen-bond donors (Lipinski definition) is 0. The fourth-order valence-corrected chi connectivity index (χ4v) is 1.46. The lowest BCUT2D eigenvalue weighted by atomic mass is 10.1. The van der Waals surface area contributed by atoms with Crippen LogP contribution in [0.25, 0.3) is 0 Å². The second-order valence-electron chi connectivity index (χ2n) is 3.46. The Morgan fingerprint density at radius 1 is 1.19 bits per heavy atom. The molecule has 1 rings (SSSR count). The normalized spacial score (nSPS) is 11.5. The molecule has 0 radical (unpaired) electrons. The molecule has 0 N–H and O–H groups in total. The van der Waals surface area contributed by atoms with E-state index < -0.39 is 19.0 Å². The topological polar surface area (TPSA) is 17.1 Å². The highest BCUT2D eigenvalue weighted by Crippen LogP contribution is 2.22. The third-order valence-corrected chi connectivity index (χ3v) is 2.53. The van der Waals surface area contributed by atoms with Gasteiger partial charge in [0.15, 0.2) is 0 Å². The van der Waals surface area contributed by atoms with Crippen molar-refractivity contribution in [1.82, 2.24) is 0 Å². The van der Waals surface area contributed by atoms with Gasteiger partial charge in [-0.25, -0.2) is 0 Å². The van der Waals surface area contributed by atoms with E-state index in [0.29, 0.717) is 0 Å². The first-order valence-corrected chi connectivity index (χ1v) is 5.49. The Morgan fingerprint density at radius 3 is 2.25 bits per heavy atom. The van der Waals surface area contributed by atoms with Crippen molar-refractivity contribution in [2.24, 2.45) is 0 Å². The molecule has 0 atom stereocenters. The number of carbonyl (C=O) groups excluding carboxylic acids is 1. The molecule has 0 bridgehead atoms. The molecule has 0 amide bonds. The molecule has 0 unspecified atom stereocenters. The zero-order chi connectivity index (χ0) is 12.2. The number of alkyl halides is 3. The van der Waals surface area contributed by atoms with Crippen molar-refractivity contribution in [2.45, 2.75) is 25.4 Å². The molecule has 0 saturated heterocycles. The van der Waals surface area contributed by atoms with Gasteiger partial charge in [-0.15, -0.1) is 0 Å². The van der Waals surface area contributed by atoms with Gasteiger partial charge in [-0.3, -0.25) is 4.79 Å². The van der Waals surface area contributed by atoms with Gasteiger partial charge in [0.05, 0.1) is 6.42 Å². The first kappa shape index (κ1) is 13.2. The van der Waals surface area contributed by atoms with E-state index in [4.69, 9.17) is 0 Å². The van der Waals surface area contributed by atoms with Crippen molar-refractivity contribution in [3.8, 4) is 0 Å². The fourth-order valence-electron chi connectivity index (χ4n) is 1.20. The molecule has 0 aliphatic rings. The number of halogens is 4. The molecule has 0 aromatic heterocycles. The molecule has 1 nitrogen and oxygen atoms in total. The summed E-state index contributed by atoms with van der Waals surface area (Å²) in [5.74, 6) is -0.389. The largest absolute Gasteiger partial charge is 0.389 e. The number of ketones is 1. The van der Waals surface area contributed by atoms with Gasteiger partial charge in [-0.2, -0.15) is 13.2 Å². The van der Waals surface area contributed by atoms with E-state index in [1.165, 1.54) is 0 Å². The summed E-state index contributed by atoms with van der Waals surface area (Å²) in [5, 5.41) is 0. The van der Waals surface area contributed by atoms with Gasteiger partial charge in [0.1, 0.15) is 5.78 Å². The van der Waals surface area contributed by atoms with Gasteiger partial charge in [0.2, 0.25) is 0 Å². The molecule has 0 fully saturated rings. The molecule has 1 aromatic carbocycles. The summed E-state index contributed by atoms with van der Waals surface area (Å²) < 4.78 is 36.4. The monoisotopic (exact) mass is 294 g/mol. The van der Waals surface area contributed by atoms with Gasteiger partial charge in [0, 0.05) is 17.3 Å². The van der Waals surface area contributed by atoms with Crippen LogP contribution < -0.4 is 0 Å². The quantitative estimate of drug-likeness (QED) is 0.823. The highest BCUT2D eigenvalue weighted by atomic mass is 79.9. The maximum atomic E-state index is 11.8. The van der Waals surface area contributed by atoms with Crippen LogP contribution in [0, 0.1) is 0 Å². The van der Waals surface area contributed by atoms with Crippen LogP contribution >= 0.6 is 15.9 Å². The molecular weight excluding hydrogens is 285 g/mol. The van der Waals surface area contributed by atoms with Gasteiger partial charge < -0.3 is 0 Å². The molecule has 16 heavy (non-hydrogen) atoms. The van der Waals surface area contributed by atoms with Crippen LogP contribution in [-0.2, 0) is 11.2 Å². The molecule has 0 heterocycles. The number of hydrogen-bond acceptors (Lipinski definition) is 1. The van der Waals surface area contributed by atoms with Crippen molar-refractivity contribution in [1.29, 1.82) is 0 Å². The van der Waals surface area contributed by atoms with E-state index in [0.717, 1.165) is 10.0 Å². The van der Waals surface area contributed by atoms with Crippen molar-refractivity contribution in [3.63, 3.8) is 0 Å². The Labute approximate surface area is 99.8 Å². The minimum absolute atomic E-state index is 0.0589. The van der Waals surface area contributed by atoms with Crippen molar-refractivity contribution in [3.05, 3.63) is 34.3 Å².